The van der Waals surface area contributed by atoms with Gasteiger partial charge in [0.2, 0.25) is 15.9 Å². The normalized spacial score (nSPS) is 25.5. The third-order valence-corrected chi connectivity index (χ3v) is 13.9. The summed E-state index contributed by atoms with van der Waals surface area (Å²) in [7, 11) is -3.97. The van der Waals surface area contributed by atoms with Crippen LogP contribution in [0.15, 0.2) is 35.2 Å². The molecule has 4 aliphatic heterocycles. The highest BCUT2D eigenvalue weighted by molar-refractivity contribution is 7.89. The van der Waals surface area contributed by atoms with Gasteiger partial charge in [0.05, 0.1) is 43.4 Å². The number of aliphatic hydroxyl groups excluding tert-OH is 1. The number of fused-ring (bicyclic) bond motifs is 3. The molecule has 1 aromatic carbocycles. The SMILES string of the molecule is Cc1cc(C(F)(F)C2CCC(C(=O)NCC[N+]3(CC(N)=O)CCCC3)CC2)cc(N2CCN(S(=O)(=O)c3ccc4c(c3)OC[C@@H]3[C@H](CO)OC(=O)N43)CC2)n1. The average molecular weight is 791 g/mol. The first-order valence-corrected chi connectivity index (χ1v) is 20.6. The van der Waals surface area contributed by atoms with Crippen molar-refractivity contribution in [2.24, 2.45) is 17.6 Å². The number of amides is 3. The van der Waals surface area contributed by atoms with Gasteiger partial charge in [0.15, 0.2) is 12.6 Å². The Balaban J connectivity index is 0.939. The summed E-state index contributed by atoms with van der Waals surface area (Å²) in [4.78, 5) is 44.8. The molecule has 0 unspecified atom stereocenters. The van der Waals surface area contributed by atoms with Crippen molar-refractivity contribution in [1.29, 1.82) is 0 Å². The van der Waals surface area contributed by atoms with Crippen LogP contribution < -0.4 is 25.6 Å². The second-order valence-corrected chi connectivity index (χ2v) is 17.5. The van der Waals surface area contributed by atoms with Crippen molar-refractivity contribution in [3.63, 3.8) is 0 Å². The molecule has 5 aliphatic rings. The topological polar surface area (TPSA) is 185 Å². The summed E-state index contributed by atoms with van der Waals surface area (Å²) in [6, 6.07) is 6.55. The first-order valence-electron chi connectivity index (χ1n) is 19.1. The average Bonchev–Trinajstić information content (AvgIpc) is 3.77. The van der Waals surface area contributed by atoms with Crippen LogP contribution in [0.2, 0.25) is 0 Å². The van der Waals surface area contributed by atoms with Gasteiger partial charge >= 0.3 is 6.09 Å². The number of aliphatic hydroxyl groups is 1. The van der Waals surface area contributed by atoms with Gasteiger partial charge in [-0.05, 0) is 56.9 Å². The van der Waals surface area contributed by atoms with Gasteiger partial charge in [-0.3, -0.25) is 14.5 Å². The molecule has 2 atom stereocenters. The number of hydrogen-bond donors (Lipinski definition) is 3. The molecule has 300 valence electrons. The van der Waals surface area contributed by atoms with Gasteiger partial charge in [0.25, 0.3) is 11.8 Å². The lowest BCUT2D eigenvalue weighted by molar-refractivity contribution is -0.907. The Morgan fingerprint density at radius 2 is 1.78 bits per heavy atom. The van der Waals surface area contributed by atoms with Crippen LogP contribution in [0.5, 0.6) is 5.75 Å². The van der Waals surface area contributed by atoms with E-state index >= 15 is 8.78 Å². The molecule has 5 heterocycles. The molecule has 55 heavy (non-hydrogen) atoms. The lowest BCUT2D eigenvalue weighted by Crippen LogP contribution is -2.54. The van der Waals surface area contributed by atoms with Crippen molar-refractivity contribution in [2.75, 3.05) is 81.9 Å². The summed E-state index contributed by atoms with van der Waals surface area (Å²) >= 11 is 0. The van der Waals surface area contributed by atoms with Crippen LogP contribution in [0.1, 0.15) is 49.8 Å². The summed E-state index contributed by atoms with van der Waals surface area (Å²) in [6.07, 6.45) is 1.75. The molecule has 0 radical (unpaired) electrons. The zero-order valence-electron chi connectivity index (χ0n) is 31.0. The number of anilines is 2. The number of primary amides is 1. The van der Waals surface area contributed by atoms with Gasteiger partial charge in [-0.1, -0.05) is 0 Å². The molecule has 4 fully saturated rings. The smallest absolute Gasteiger partial charge is 0.415 e. The largest absolute Gasteiger partial charge is 0.489 e. The Hall–Kier alpha value is -4.13. The molecule has 0 bridgehead atoms. The zero-order chi connectivity index (χ0) is 39.1. The van der Waals surface area contributed by atoms with E-state index in [0.717, 1.165) is 25.9 Å². The summed E-state index contributed by atoms with van der Waals surface area (Å²) in [5, 5.41) is 12.5. The van der Waals surface area contributed by atoms with Crippen LogP contribution in [0.4, 0.5) is 25.1 Å². The van der Waals surface area contributed by atoms with Gasteiger partial charge in [0, 0.05) is 68.2 Å². The molecular formula is C37H50F2N7O8S+. The minimum absolute atomic E-state index is 0.0100. The van der Waals surface area contributed by atoms with E-state index in [9.17, 15) is 27.9 Å². The molecule has 2 aromatic rings. The van der Waals surface area contributed by atoms with Crippen molar-refractivity contribution in [3.8, 4) is 5.75 Å². The number of rotatable bonds is 12. The third kappa shape index (κ3) is 7.82. The molecule has 1 aromatic heterocycles. The van der Waals surface area contributed by atoms with E-state index in [1.54, 1.807) is 6.92 Å². The molecular weight excluding hydrogens is 741 g/mol. The number of halogens is 2. The molecule has 18 heteroatoms. The maximum absolute atomic E-state index is 16.2. The fourth-order valence-corrected chi connectivity index (χ4v) is 10.4. The number of piperazine rings is 1. The minimum atomic E-state index is -3.97. The second kappa shape index (κ2) is 15.4. The number of cyclic esters (lactones) is 1. The molecule has 3 amide bonds. The highest BCUT2D eigenvalue weighted by atomic mass is 32.2. The number of aromatic nitrogens is 1. The monoisotopic (exact) mass is 790 g/mol. The first-order chi connectivity index (χ1) is 26.2. The quantitative estimate of drug-likeness (QED) is 0.269. The second-order valence-electron chi connectivity index (χ2n) is 15.5. The van der Waals surface area contributed by atoms with Crippen LogP contribution in [0.25, 0.3) is 0 Å². The molecule has 7 rings (SSSR count). The van der Waals surface area contributed by atoms with E-state index in [2.05, 4.69) is 10.3 Å². The minimum Gasteiger partial charge on any atom is -0.489 e. The summed E-state index contributed by atoms with van der Waals surface area (Å²) in [5.41, 5.74) is 6.12. The molecule has 1 saturated carbocycles. The first kappa shape index (κ1) is 39.1. The number of aryl methyl sites for hydroxylation is 1. The number of ether oxygens (including phenoxy) is 2. The van der Waals surface area contributed by atoms with E-state index in [-0.39, 0.29) is 92.7 Å². The van der Waals surface area contributed by atoms with Crippen molar-refractivity contribution < 1.29 is 50.6 Å². The molecule has 15 nitrogen and oxygen atoms in total. The Morgan fingerprint density at radius 1 is 1.07 bits per heavy atom. The molecule has 4 N–H and O–H groups in total. The van der Waals surface area contributed by atoms with Gasteiger partial charge in [-0.2, -0.15) is 4.31 Å². The third-order valence-electron chi connectivity index (χ3n) is 12.0. The standard InChI is InChI=1S/C37H49F2N7O8S/c1-24-18-27(37(38,39)26-6-4-25(5-7-26)35(49)41-10-17-46(21-33(40)48)15-2-3-16-46)19-34(42-24)43-11-13-44(14-12-43)55(51,52)28-8-9-29-31(20-28)53-23-30-32(22-47)54-36(50)45(29)30/h8-9,18-20,25-26,30,32,47H,2-7,10-17,21-23H2,1H3,(H2-,40,41,48,49)/p+1/t25?,26?,30-,32+/m1/s1. The van der Waals surface area contributed by atoms with E-state index < -0.39 is 40.1 Å². The number of nitrogens with one attached hydrogen (secondary N) is 1. The Labute approximate surface area is 319 Å². The van der Waals surface area contributed by atoms with Crippen LogP contribution in [0.3, 0.4) is 0 Å². The number of likely N-dealkylation sites (tertiary alicyclic amines) is 1. The number of benzene rings is 1. The Kier molecular flexibility index (Phi) is 11.0. The van der Waals surface area contributed by atoms with Gasteiger partial charge < -0.3 is 35.0 Å². The predicted molar refractivity (Wildman–Crippen MR) is 196 cm³/mol. The summed E-state index contributed by atoms with van der Waals surface area (Å²) < 4.78 is 72.6. The van der Waals surface area contributed by atoms with Crippen molar-refractivity contribution in [3.05, 3.63) is 41.6 Å². The predicted octanol–water partition coefficient (Wildman–Crippen LogP) is 2.09. The Morgan fingerprint density at radius 3 is 2.45 bits per heavy atom. The molecule has 0 spiro atoms. The summed E-state index contributed by atoms with van der Waals surface area (Å²) in [6.45, 7) is 4.99. The number of carbonyl (C=O) groups is 3. The molecule has 1 aliphatic carbocycles. The van der Waals surface area contributed by atoms with E-state index in [1.165, 1.54) is 39.5 Å². The number of nitrogens with two attached hydrogens (primary N) is 1. The number of hydrogen-bond acceptors (Lipinski definition) is 10. The summed E-state index contributed by atoms with van der Waals surface area (Å²) in [5.74, 6) is -4.37. The van der Waals surface area contributed by atoms with Crippen LogP contribution in [0, 0.1) is 18.8 Å². The number of quaternary nitrogens is 1. The number of pyridine rings is 1. The lowest BCUT2D eigenvalue weighted by Gasteiger charge is -2.36. The van der Waals surface area contributed by atoms with Crippen molar-refractivity contribution in [1.82, 2.24) is 14.6 Å². The number of carbonyl (C=O) groups excluding carboxylic acids is 3. The van der Waals surface area contributed by atoms with E-state index in [1.807, 2.05) is 4.90 Å². The van der Waals surface area contributed by atoms with Crippen molar-refractivity contribution >= 4 is 39.4 Å². The van der Waals surface area contributed by atoms with Crippen LogP contribution >= 0.6 is 0 Å². The number of alkyl halides is 2. The highest BCUT2D eigenvalue weighted by Crippen LogP contribution is 2.46. The van der Waals surface area contributed by atoms with E-state index in [0.29, 0.717) is 47.6 Å². The fourth-order valence-electron chi connectivity index (χ4n) is 8.95. The van der Waals surface area contributed by atoms with Crippen LogP contribution in [-0.2, 0) is 30.3 Å². The fraction of sp³-hybridized carbons (Fsp3) is 0.622. The van der Waals surface area contributed by atoms with Gasteiger partial charge in [0.1, 0.15) is 24.2 Å². The number of sulfonamides is 1. The molecule has 3 saturated heterocycles. The highest BCUT2D eigenvalue weighted by Gasteiger charge is 2.47. The van der Waals surface area contributed by atoms with Gasteiger partial charge in [-0.25, -0.2) is 27.0 Å². The maximum Gasteiger partial charge on any atom is 0.415 e. The maximum atomic E-state index is 16.2. The van der Waals surface area contributed by atoms with Gasteiger partial charge in [-0.15, -0.1) is 0 Å². The van der Waals surface area contributed by atoms with Crippen molar-refractivity contribution in [2.45, 2.75) is 68.4 Å². The van der Waals surface area contributed by atoms with Crippen LogP contribution in [-0.4, -0.2) is 129 Å². The Bertz CT molecular complexity index is 1900. The lowest BCUT2D eigenvalue weighted by atomic mass is 9.77. The van der Waals surface area contributed by atoms with E-state index in [4.69, 9.17) is 15.2 Å². The zero-order valence-corrected chi connectivity index (χ0v) is 31.8. The number of nitrogens with zero attached hydrogens (tertiary/aromatic N) is 5.